The molecule has 0 aliphatic carbocycles. The lowest BCUT2D eigenvalue weighted by atomic mass is 9.88. The summed E-state index contributed by atoms with van der Waals surface area (Å²) in [5.41, 5.74) is 0.973. The fourth-order valence-electron chi connectivity index (χ4n) is 3.64. The molecule has 1 unspecified atom stereocenters. The first-order valence-corrected chi connectivity index (χ1v) is 9.35. The summed E-state index contributed by atoms with van der Waals surface area (Å²) >= 11 is 1.63. The van der Waals surface area contributed by atoms with Crippen molar-refractivity contribution in [2.45, 2.75) is 50.7 Å². The number of aromatic nitrogens is 2. The molecule has 2 saturated heterocycles. The van der Waals surface area contributed by atoms with Crippen molar-refractivity contribution in [2.24, 2.45) is 0 Å². The van der Waals surface area contributed by atoms with Crippen LogP contribution >= 0.6 is 11.3 Å². The molecule has 1 atom stereocenters. The average molecular weight is 347 g/mol. The van der Waals surface area contributed by atoms with Crippen LogP contribution in [-0.4, -0.2) is 39.6 Å². The normalized spacial score (nSPS) is 23.0. The Hall–Kier alpha value is -1.73. The van der Waals surface area contributed by atoms with E-state index in [0.717, 1.165) is 44.3 Å². The molecule has 4 heterocycles. The van der Waals surface area contributed by atoms with Gasteiger partial charge in [-0.25, -0.2) is 0 Å². The van der Waals surface area contributed by atoms with Gasteiger partial charge in [0.05, 0.1) is 12.0 Å². The van der Waals surface area contributed by atoms with Crippen molar-refractivity contribution in [1.29, 1.82) is 0 Å². The second-order valence-corrected chi connectivity index (χ2v) is 7.48. The Morgan fingerprint density at radius 2 is 2.25 bits per heavy atom. The van der Waals surface area contributed by atoms with E-state index in [1.165, 1.54) is 0 Å². The van der Waals surface area contributed by atoms with E-state index in [2.05, 4.69) is 10.1 Å². The molecule has 128 valence electrons. The Labute approximate surface area is 144 Å². The third kappa shape index (κ3) is 3.10. The van der Waals surface area contributed by atoms with Gasteiger partial charge in [0.15, 0.2) is 5.82 Å². The molecule has 4 rings (SSSR count). The van der Waals surface area contributed by atoms with Gasteiger partial charge < -0.3 is 14.2 Å². The van der Waals surface area contributed by atoms with Crippen LogP contribution in [0.5, 0.6) is 0 Å². The zero-order chi connectivity index (χ0) is 16.6. The molecule has 24 heavy (non-hydrogen) atoms. The van der Waals surface area contributed by atoms with Crippen molar-refractivity contribution in [3.8, 4) is 0 Å². The predicted octanol–water partition coefficient (Wildman–Crippen LogP) is 2.89. The van der Waals surface area contributed by atoms with Gasteiger partial charge in [-0.05, 0) is 55.0 Å². The minimum absolute atomic E-state index is 0.0979. The number of thiophene rings is 1. The summed E-state index contributed by atoms with van der Waals surface area (Å²) in [6.07, 6.45) is 4.06. The van der Waals surface area contributed by atoms with Crippen LogP contribution in [0.25, 0.3) is 0 Å². The van der Waals surface area contributed by atoms with E-state index < -0.39 is 0 Å². The Morgan fingerprint density at radius 3 is 2.92 bits per heavy atom. The quantitative estimate of drug-likeness (QED) is 0.854. The van der Waals surface area contributed by atoms with Crippen molar-refractivity contribution in [3.63, 3.8) is 0 Å². The highest BCUT2D eigenvalue weighted by atomic mass is 32.1. The first-order valence-electron chi connectivity index (χ1n) is 8.40. The molecule has 0 radical (unpaired) electrons. The van der Waals surface area contributed by atoms with E-state index in [-0.39, 0.29) is 17.6 Å². The molecule has 0 bridgehead atoms. The minimum Gasteiger partial charge on any atom is -0.362 e. The monoisotopic (exact) mass is 347 g/mol. The van der Waals surface area contributed by atoms with E-state index in [1.54, 1.807) is 11.3 Å². The average Bonchev–Trinajstić information content (AvgIpc) is 3.30. The number of rotatable bonds is 3. The van der Waals surface area contributed by atoms with Gasteiger partial charge in [0.25, 0.3) is 5.89 Å². The highest BCUT2D eigenvalue weighted by Gasteiger charge is 2.45. The van der Waals surface area contributed by atoms with Crippen molar-refractivity contribution in [3.05, 3.63) is 34.1 Å². The molecule has 1 amide bonds. The molecule has 1 spiro atoms. The van der Waals surface area contributed by atoms with Crippen LogP contribution in [0, 0.1) is 6.92 Å². The number of hydrogen-bond acceptors (Lipinski definition) is 6. The fraction of sp³-hybridized carbons (Fsp3) is 0.588. The van der Waals surface area contributed by atoms with Gasteiger partial charge in [0.1, 0.15) is 6.10 Å². The van der Waals surface area contributed by atoms with Crippen LogP contribution in [-0.2, 0) is 16.0 Å². The maximum absolute atomic E-state index is 12.4. The lowest BCUT2D eigenvalue weighted by Gasteiger charge is -2.39. The van der Waals surface area contributed by atoms with Crippen LogP contribution < -0.4 is 0 Å². The molecule has 2 fully saturated rings. The molecule has 0 N–H and O–H groups in total. The number of carbonyl (C=O) groups is 1. The highest BCUT2D eigenvalue weighted by Crippen LogP contribution is 2.44. The summed E-state index contributed by atoms with van der Waals surface area (Å²) in [6.45, 7) is 3.34. The SMILES string of the molecule is Cc1noc(C2CCC3(CCN(C(=O)Cc4ccsc4)CC3)O2)n1. The third-order valence-electron chi connectivity index (χ3n) is 5.04. The van der Waals surface area contributed by atoms with Crippen LogP contribution in [0.1, 0.15) is 49.1 Å². The predicted molar refractivity (Wildman–Crippen MR) is 88.7 cm³/mol. The maximum Gasteiger partial charge on any atom is 0.255 e. The number of likely N-dealkylation sites (tertiary alicyclic amines) is 1. The molecule has 6 nitrogen and oxygen atoms in total. The van der Waals surface area contributed by atoms with Gasteiger partial charge in [-0.2, -0.15) is 16.3 Å². The summed E-state index contributed by atoms with van der Waals surface area (Å²) < 4.78 is 11.5. The molecular weight excluding hydrogens is 326 g/mol. The van der Waals surface area contributed by atoms with Crippen molar-refractivity contribution in [2.75, 3.05) is 13.1 Å². The van der Waals surface area contributed by atoms with Gasteiger partial charge >= 0.3 is 0 Å². The van der Waals surface area contributed by atoms with Gasteiger partial charge in [0.2, 0.25) is 5.91 Å². The Kier molecular flexibility index (Phi) is 4.14. The molecule has 0 saturated carbocycles. The van der Waals surface area contributed by atoms with E-state index in [9.17, 15) is 4.79 Å². The van der Waals surface area contributed by atoms with E-state index in [0.29, 0.717) is 18.1 Å². The largest absolute Gasteiger partial charge is 0.362 e. The fourth-order valence-corrected chi connectivity index (χ4v) is 4.31. The highest BCUT2D eigenvalue weighted by molar-refractivity contribution is 7.07. The lowest BCUT2D eigenvalue weighted by Crippen LogP contribution is -2.46. The minimum atomic E-state index is -0.133. The van der Waals surface area contributed by atoms with Crippen LogP contribution in [0.3, 0.4) is 0 Å². The molecule has 7 heteroatoms. The van der Waals surface area contributed by atoms with Crippen LogP contribution in [0.4, 0.5) is 0 Å². The number of carbonyl (C=O) groups excluding carboxylic acids is 1. The van der Waals surface area contributed by atoms with Gasteiger partial charge in [-0.3, -0.25) is 4.79 Å². The molecule has 2 aliphatic heterocycles. The Bertz CT molecular complexity index is 704. The number of hydrogen-bond donors (Lipinski definition) is 0. The Balaban J connectivity index is 1.33. The van der Waals surface area contributed by atoms with Crippen LogP contribution in [0.2, 0.25) is 0 Å². The molecule has 0 aromatic carbocycles. The van der Waals surface area contributed by atoms with Gasteiger partial charge in [-0.15, -0.1) is 0 Å². The number of ether oxygens (including phenoxy) is 1. The summed E-state index contributed by atoms with van der Waals surface area (Å²) in [5.74, 6) is 1.44. The van der Waals surface area contributed by atoms with Crippen molar-refractivity contribution >= 4 is 17.2 Å². The first kappa shape index (κ1) is 15.8. The summed E-state index contributed by atoms with van der Waals surface area (Å²) in [5, 5.41) is 7.90. The molecule has 2 aromatic heterocycles. The van der Waals surface area contributed by atoms with E-state index in [4.69, 9.17) is 9.26 Å². The second-order valence-electron chi connectivity index (χ2n) is 6.70. The number of nitrogens with zero attached hydrogens (tertiary/aromatic N) is 3. The second kappa shape index (κ2) is 6.29. The van der Waals surface area contributed by atoms with Crippen LogP contribution in [0.15, 0.2) is 21.3 Å². The van der Waals surface area contributed by atoms with Crippen molar-refractivity contribution < 1.29 is 14.1 Å². The first-order chi connectivity index (χ1) is 11.6. The Morgan fingerprint density at radius 1 is 1.42 bits per heavy atom. The summed E-state index contributed by atoms with van der Waals surface area (Å²) in [7, 11) is 0. The van der Waals surface area contributed by atoms with Crippen molar-refractivity contribution in [1.82, 2.24) is 15.0 Å². The number of amides is 1. The third-order valence-corrected chi connectivity index (χ3v) is 5.77. The standard InChI is InChI=1S/C17H21N3O3S/c1-12-18-16(23-19-12)14-2-4-17(22-14)5-7-20(8-6-17)15(21)10-13-3-9-24-11-13/h3,9,11,14H,2,4-8,10H2,1H3. The smallest absolute Gasteiger partial charge is 0.255 e. The summed E-state index contributed by atoms with van der Waals surface area (Å²) in [4.78, 5) is 18.7. The number of aryl methyl sites for hydroxylation is 1. The van der Waals surface area contributed by atoms with Gasteiger partial charge in [0, 0.05) is 13.1 Å². The molecule has 2 aliphatic rings. The molecular formula is C17H21N3O3S. The zero-order valence-electron chi connectivity index (χ0n) is 13.7. The van der Waals surface area contributed by atoms with E-state index in [1.807, 2.05) is 28.7 Å². The topological polar surface area (TPSA) is 68.5 Å². The zero-order valence-corrected chi connectivity index (χ0v) is 14.6. The van der Waals surface area contributed by atoms with E-state index >= 15 is 0 Å². The maximum atomic E-state index is 12.4. The van der Waals surface area contributed by atoms with Gasteiger partial charge in [-0.1, -0.05) is 5.16 Å². The lowest BCUT2D eigenvalue weighted by molar-refractivity contribution is -0.137. The molecule has 2 aromatic rings. The summed E-state index contributed by atoms with van der Waals surface area (Å²) in [6, 6.07) is 2.02. The number of piperidine rings is 1.